The molecule has 0 aliphatic carbocycles. The third kappa shape index (κ3) is 1.92. The molecule has 1 aromatic heterocycles. The summed E-state index contributed by atoms with van der Waals surface area (Å²) in [7, 11) is 1.27. The number of hydrogen-bond donors (Lipinski definition) is 0. The lowest BCUT2D eigenvalue weighted by atomic mass is 9.90. The molecule has 0 saturated carbocycles. The molecule has 0 aliphatic heterocycles. The topological polar surface area (TPSA) is 65.2 Å². The minimum absolute atomic E-state index is 0.0935. The van der Waals surface area contributed by atoms with Gasteiger partial charge in [0.1, 0.15) is 0 Å². The van der Waals surface area contributed by atoms with Crippen molar-refractivity contribution in [1.29, 1.82) is 0 Å². The van der Waals surface area contributed by atoms with E-state index in [0.29, 0.717) is 5.89 Å². The minimum Gasteiger partial charge on any atom is -0.462 e. The van der Waals surface area contributed by atoms with Crippen LogP contribution in [0.4, 0.5) is 0 Å². The third-order valence-corrected chi connectivity index (χ3v) is 2.25. The Kier molecular flexibility index (Phi) is 2.88. The molecule has 0 aliphatic rings. The molecule has 1 rings (SSSR count). The smallest absolute Gasteiger partial charge is 0.396 e. The number of carbonyl (C=O) groups is 1. The Hall–Kier alpha value is -1.39. The molecule has 1 aromatic rings. The Bertz CT molecular complexity index is 331. The van der Waals surface area contributed by atoms with Crippen molar-refractivity contribution in [3.63, 3.8) is 0 Å². The molecular formula is C9H14N2O3. The number of carbonyl (C=O) groups excluding carboxylic acids is 1. The Morgan fingerprint density at radius 1 is 1.50 bits per heavy atom. The van der Waals surface area contributed by atoms with Crippen LogP contribution in [-0.2, 0) is 10.2 Å². The first-order valence-corrected chi connectivity index (χ1v) is 4.43. The maximum absolute atomic E-state index is 11.0. The zero-order valence-corrected chi connectivity index (χ0v) is 8.83. The molecule has 1 heterocycles. The number of esters is 1. The number of nitrogens with zero attached hydrogens (tertiary/aromatic N) is 2. The van der Waals surface area contributed by atoms with Crippen molar-refractivity contribution in [2.45, 2.75) is 32.6 Å². The van der Waals surface area contributed by atoms with Gasteiger partial charge in [-0.15, -0.1) is 10.2 Å². The highest BCUT2D eigenvalue weighted by atomic mass is 16.5. The van der Waals surface area contributed by atoms with Gasteiger partial charge >= 0.3 is 11.9 Å². The van der Waals surface area contributed by atoms with Gasteiger partial charge < -0.3 is 9.15 Å². The predicted molar refractivity (Wildman–Crippen MR) is 49.0 cm³/mol. The number of aromatic nitrogens is 2. The van der Waals surface area contributed by atoms with Crippen LogP contribution in [0.25, 0.3) is 0 Å². The molecule has 0 fully saturated rings. The highest BCUT2D eigenvalue weighted by Gasteiger charge is 2.27. The van der Waals surface area contributed by atoms with E-state index in [0.717, 1.165) is 6.42 Å². The fourth-order valence-electron chi connectivity index (χ4n) is 0.818. The van der Waals surface area contributed by atoms with E-state index in [1.807, 2.05) is 20.8 Å². The van der Waals surface area contributed by atoms with Gasteiger partial charge in [0.2, 0.25) is 5.89 Å². The maximum atomic E-state index is 11.0. The van der Waals surface area contributed by atoms with Crippen molar-refractivity contribution in [1.82, 2.24) is 10.2 Å². The van der Waals surface area contributed by atoms with Crippen LogP contribution in [0, 0.1) is 0 Å². The average molecular weight is 198 g/mol. The summed E-state index contributed by atoms with van der Waals surface area (Å²) in [6, 6.07) is 0. The second-order valence-electron chi connectivity index (χ2n) is 3.64. The van der Waals surface area contributed by atoms with Crippen molar-refractivity contribution in [3.05, 3.63) is 11.8 Å². The molecule has 0 N–H and O–H groups in total. The van der Waals surface area contributed by atoms with Crippen LogP contribution in [-0.4, -0.2) is 23.3 Å². The SMILES string of the molecule is CCC(C)(C)c1nnc(C(=O)OC)o1. The van der Waals surface area contributed by atoms with Gasteiger partial charge in [0, 0.05) is 5.41 Å². The molecule has 78 valence electrons. The minimum atomic E-state index is -0.601. The summed E-state index contributed by atoms with van der Waals surface area (Å²) in [5.74, 6) is -0.236. The van der Waals surface area contributed by atoms with Crippen LogP contribution in [0.2, 0.25) is 0 Å². The molecule has 0 saturated heterocycles. The standard InChI is InChI=1S/C9H14N2O3/c1-5-9(2,3)8-11-10-6(14-8)7(12)13-4/h5H2,1-4H3. The molecule has 0 aromatic carbocycles. The molecule has 0 radical (unpaired) electrons. The van der Waals surface area contributed by atoms with Crippen molar-refractivity contribution in [3.8, 4) is 0 Å². The van der Waals surface area contributed by atoms with E-state index in [2.05, 4.69) is 14.9 Å². The number of hydrogen-bond acceptors (Lipinski definition) is 5. The number of methoxy groups -OCH3 is 1. The van der Waals surface area contributed by atoms with Crippen molar-refractivity contribution in [2.24, 2.45) is 0 Å². The Balaban J connectivity index is 2.93. The van der Waals surface area contributed by atoms with Crippen molar-refractivity contribution in [2.75, 3.05) is 7.11 Å². The van der Waals surface area contributed by atoms with Crippen LogP contribution in [0.1, 0.15) is 43.8 Å². The van der Waals surface area contributed by atoms with Gasteiger partial charge in [-0.05, 0) is 6.42 Å². The number of ether oxygens (including phenoxy) is 1. The molecule has 0 spiro atoms. The summed E-state index contributed by atoms with van der Waals surface area (Å²) in [6.45, 7) is 5.96. The molecule has 14 heavy (non-hydrogen) atoms. The molecule has 0 atom stereocenters. The summed E-state index contributed by atoms with van der Waals surface area (Å²) in [6.07, 6.45) is 0.857. The van der Waals surface area contributed by atoms with Crippen LogP contribution in [0.5, 0.6) is 0 Å². The van der Waals surface area contributed by atoms with Crippen LogP contribution in [0.15, 0.2) is 4.42 Å². The Morgan fingerprint density at radius 2 is 2.14 bits per heavy atom. The first-order valence-electron chi connectivity index (χ1n) is 4.43. The first-order chi connectivity index (χ1) is 6.51. The summed E-state index contributed by atoms with van der Waals surface area (Å²) >= 11 is 0. The highest BCUT2D eigenvalue weighted by Crippen LogP contribution is 2.25. The molecule has 0 bridgehead atoms. The van der Waals surface area contributed by atoms with Gasteiger partial charge in [-0.3, -0.25) is 0 Å². The summed E-state index contributed by atoms with van der Waals surface area (Å²) < 4.78 is 9.66. The molecule has 0 amide bonds. The van der Waals surface area contributed by atoms with E-state index in [-0.39, 0.29) is 11.3 Å². The Labute approximate surface area is 82.5 Å². The first kappa shape index (κ1) is 10.7. The largest absolute Gasteiger partial charge is 0.462 e. The van der Waals surface area contributed by atoms with E-state index in [4.69, 9.17) is 4.42 Å². The molecular weight excluding hydrogens is 184 g/mol. The molecule has 0 unspecified atom stereocenters. The van der Waals surface area contributed by atoms with E-state index < -0.39 is 5.97 Å². The van der Waals surface area contributed by atoms with Gasteiger partial charge in [0.25, 0.3) is 0 Å². The van der Waals surface area contributed by atoms with E-state index in [9.17, 15) is 4.79 Å². The predicted octanol–water partition coefficient (Wildman–Crippen LogP) is 1.54. The lowest BCUT2D eigenvalue weighted by Gasteiger charge is -2.16. The second-order valence-corrected chi connectivity index (χ2v) is 3.64. The third-order valence-electron chi connectivity index (χ3n) is 2.25. The number of rotatable bonds is 3. The average Bonchev–Trinajstić information content (AvgIpc) is 2.66. The van der Waals surface area contributed by atoms with Gasteiger partial charge in [-0.2, -0.15) is 0 Å². The van der Waals surface area contributed by atoms with Gasteiger partial charge in [-0.1, -0.05) is 20.8 Å². The summed E-state index contributed by atoms with van der Waals surface area (Å²) in [4.78, 5) is 11.0. The fourth-order valence-corrected chi connectivity index (χ4v) is 0.818. The normalized spacial score (nSPS) is 11.4. The van der Waals surface area contributed by atoms with Gasteiger partial charge in [-0.25, -0.2) is 4.79 Å². The zero-order chi connectivity index (χ0) is 10.8. The van der Waals surface area contributed by atoms with Crippen LogP contribution in [0.3, 0.4) is 0 Å². The summed E-state index contributed by atoms with van der Waals surface area (Å²) in [5.41, 5.74) is -0.209. The fraction of sp³-hybridized carbons (Fsp3) is 0.667. The van der Waals surface area contributed by atoms with E-state index in [1.54, 1.807) is 0 Å². The Morgan fingerprint density at radius 3 is 2.64 bits per heavy atom. The quantitative estimate of drug-likeness (QED) is 0.689. The van der Waals surface area contributed by atoms with Gasteiger partial charge in [0.05, 0.1) is 7.11 Å². The van der Waals surface area contributed by atoms with Crippen LogP contribution < -0.4 is 0 Å². The van der Waals surface area contributed by atoms with Crippen LogP contribution >= 0.6 is 0 Å². The lowest BCUT2D eigenvalue weighted by molar-refractivity contribution is 0.0552. The summed E-state index contributed by atoms with van der Waals surface area (Å²) in [5, 5.41) is 7.42. The maximum Gasteiger partial charge on any atom is 0.396 e. The van der Waals surface area contributed by atoms with E-state index in [1.165, 1.54) is 7.11 Å². The molecule has 5 heteroatoms. The molecule has 5 nitrogen and oxygen atoms in total. The van der Waals surface area contributed by atoms with Gasteiger partial charge in [0.15, 0.2) is 0 Å². The van der Waals surface area contributed by atoms with Crippen molar-refractivity contribution < 1.29 is 13.9 Å². The highest BCUT2D eigenvalue weighted by molar-refractivity contribution is 5.83. The second kappa shape index (κ2) is 3.77. The van der Waals surface area contributed by atoms with Crippen molar-refractivity contribution >= 4 is 5.97 Å². The lowest BCUT2D eigenvalue weighted by Crippen LogP contribution is -2.15. The van der Waals surface area contributed by atoms with E-state index >= 15 is 0 Å². The zero-order valence-electron chi connectivity index (χ0n) is 8.83. The monoisotopic (exact) mass is 198 g/mol.